The van der Waals surface area contributed by atoms with Crippen molar-refractivity contribution in [3.05, 3.63) is 47.8 Å². The fourth-order valence-corrected chi connectivity index (χ4v) is 1.51. The Morgan fingerprint density at radius 3 is 2.35 bits per heavy atom. The summed E-state index contributed by atoms with van der Waals surface area (Å²) in [6, 6.07) is 6.55. The Morgan fingerprint density at radius 2 is 1.78 bits per heavy atom. The third-order valence-electron chi connectivity index (χ3n) is 2.48. The van der Waals surface area contributed by atoms with E-state index >= 15 is 0 Å². The Bertz CT molecular complexity index is 701. The van der Waals surface area contributed by atoms with Gasteiger partial charge in [0, 0.05) is 6.07 Å². The van der Waals surface area contributed by atoms with E-state index in [0.717, 1.165) is 24.3 Å². The van der Waals surface area contributed by atoms with Crippen LogP contribution in [0.4, 0.5) is 17.6 Å². The molecule has 0 aliphatic heterocycles. The highest BCUT2D eigenvalue weighted by molar-refractivity contribution is 5.90. The van der Waals surface area contributed by atoms with Crippen molar-refractivity contribution in [3.8, 4) is 17.5 Å². The van der Waals surface area contributed by atoms with Crippen LogP contribution in [0.3, 0.4) is 0 Å². The number of halogens is 4. The Balaban J connectivity index is 2.26. The van der Waals surface area contributed by atoms with E-state index in [1.54, 1.807) is 0 Å². The van der Waals surface area contributed by atoms with Gasteiger partial charge in [0.15, 0.2) is 6.61 Å². The van der Waals surface area contributed by atoms with Gasteiger partial charge in [0.1, 0.15) is 17.1 Å². The number of alkyl halides is 3. The lowest BCUT2D eigenvalue weighted by Crippen LogP contribution is -2.19. The van der Waals surface area contributed by atoms with Crippen LogP contribution >= 0.6 is 0 Å². The molecular formula is C14H9F4NO4. The minimum absolute atomic E-state index is 0.0642. The number of aromatic carboxylic acids is 1. The molecule has 0 bridgehead atoms. The van der Waals surface area contributed by atoms with Crippen molar-refractivity contribution in [3.63, 3.8) is 0 Å². The number of benzene rings is 1. The molecule has 2 aromatic rings. The lowest BCUT2D eigenvalue weighted by Gasteiger charge is -2.11. The molecule has 1 N–H and O–H groups in total. The van der Waals surface area contributed by atoms with Crippen molar-refractivity contribution < 1.29 is 36.9 Å². The molecule has 0 saturated carbocycles. The van der Waals surface area contributed by atoms with E-state index in [1.165, 1.54) is 12.1 Å². The quantitative estimate of drug-likeness (QED) is 0.847. The van der Waals surface area contributed by atoms with Crippen molar-refractivity contribution in [2.24, 2.45) is 0 Å². The highest BCUT2D eigenvalue weighted by Gasteiger charge is 2.29. The number of carboxylic acids is 1. The maximum absolute atomic E-state index is 12.8. The van der Waals surface area contributed by atoms with E-state index in [1.807, 2.05) is 0 Å². The largest absolute Gasteiger partial charge is 0.477 e. The molecule has 1 aromatic carbocycles. The molecule has 0 aliphatic rings. The predicted molar refractivity (Wildman–Crippen MR) is 69.2 cm³/mol. The Kier molecular flexibility index (Phi) is 4.68. The van der Waals surface area contributed by atoms with Crippen LogP contribution in [0, 0.1) is 5.82 Å². The van der Waals surface area contributed by atoms with Crippen LogP contribution in [0.5, 0.6) is 17.5 Å². The van der Waals surface area contributed by atoms with Crippen molar-refractivity contribution in [2.75, 3.05) is 6.61 Å². The van der Waals surface area contributed by atoms with E-state index in [2.05, 4.69) is 9.72 Å². The summed E-state index contributed by atoms with van der Waals surface area (Å²) in [6.07, 6.45) is -4.56. The van der Waals surface area contributed by atoms with E-state index < -0.39 is 36.3 Å². The van der Waals surface area contributed by atoms with Gasteiger partial charge >= 0.3 is 12.1 Å². The molecule has 0 amide bonds. The molecule has 5 nitrogen and oxygen atoms in total. The lowest BCUT2D eigenvalue weighted by molar-refractivity contribution is -0.154. The Labute approximate surface area is 127 Å². The summed E-state index contributed by atoms with van der Waals surface area (Å²) in [4.78, 5) is 14.7. The zero-order chi connectivity index (χ0) is 17.0. The zero-order valence-electron chi connectivity index (χ0n) is 11.3. The molecule has 2 rings (SSSR count). The van der Waals surface area contributed by atoms with E-state index in [9.17, 15) is 22.4 Å². The van der Waals surface area contributed by atoms with Gasteiger partial charge in [-0.25, -0.2) is 9.18 Å². The molecule has 1 aromatic heterocycles. The predicted octanol–water partition coefficient (Wildman–Crippen LogP) is 3.65. The summed E-state index contributed by atoms with van der Waals surface area (Å²) < 4.78 is 58.8. The highest BCUT2D eigenvalue weighted by atomic mass is 19.4. The smallest absolute Gasteiger partial charge is 0.422 e. The van der Waals surface area contributed by atoms with Crippen LogP contribution in [-0.4, -0.2) is 28.8 Å². The molecule has 23 heavy (non-hydrogen) atoms. The van der Waals surface area contributed by atoms with Crippen LogP contribution in [0.1, 0.15) is 10.4 Å². The van der Waals surface area contributed by atoms with Crippen molar-refractivity contribution in [2.45, 2.75) is 6.18 Å². The number of hydrogen-bond acceptors (Lipinski definition) is 4. The summed E-state index contributed by atoms with van der Waals surface area (Å²) in [5.74, 6) is -2.79. The summed E-state index contributed by atoms with van der Waals surface area (Å²) in [7, 11) is 0. The molecule has 0 spiro atoms. The van der Waals surface area contributed by atoms with Crippen LogP contribution in [0.2, 0.25) is 0 Å². The topological polar surface area (TPSA) is 68.7 Å². The van der Waals surface area contributed by atoms with Gasteiger partial charge in [0.05, 0.1) is 0 Å². The zero-order valence-corrected chi connectivity index (χ0v) is 11.3. The van der Waals surface area contributed by atoms with Gasteiger partial charge < -0.3 is 14.6 Å². The maximum Gasteiger partial charge on any atom is 0.422 e. The van der Waals surface area contributed by atoms with Crippen molar-refractivity contribution in [1.29, 1.82) is 0 Å². The fraction of sp³-hybridized carbons (Fsp3) is 0.143. The average molecular weight is 331 g/mol. The number of rotatable bonds is 5. The second kappa shape index (κ2) is 6.51. The van der Waals surface area contributed by atoms with Crippen LogP contribution in [0.15, 0.2) is 36.4 Å². The molecule has 9 heteroatoms. The second-order valence-corrected chi connectivity index (χ2v) is 4.27. The summed E-state index contributed by atoms with van der Waals surface area (Å²) in [5, 5.41) is 9.04. The molecule has 122 valence electrons. The van der Waals surface area contributed by atoms with Gasteiger partial charge in [-0.05, 0) is 30.3 Å². The standard InChI is InChI=1S/C14H9F4NO4/c15-8-1-3-9(4-2-8)23-12-10(13(20)21)5-6-11(19-12)22-7-14(16,17)18/h1-6H,7H2,(H,20,21). The van der Waals surface area contributed by atoms with Gasteiger partial charge in [0.2, 0.25) is 11.8 Å². The first-order valence-electron chi connectivity index (χ1n) is 6.12. The molecule has 0 saturated heterocycles. The molecule has 1 heterocycles. The van der Waals surface area contributed by atoms with Crippen LogP contribution in [-0.2, 0) is 0 Å². The van der Waals surface area contributed by atoms with Crippen molar-refractivity contribution >= 4 is 5.97 Å². The first-order chi connectivity index (χ1) is 10.7. The van der Waals surface area contributed by atoms with Gasteiger partial charge in [-0.1, -0.05) is 0 Å². The average Bonchev–Trinajstić information content (AvgIpc) is 2.47. The molecule has 0 radical (unpaired) electrons. The molecule has 0 atom stereocenters. The minimum Gasteiger partial charge on any atom is -0.477 e. The first-order valence-corrected chi connectivity index (χ1v) is 6.12. The normalized spacial score (nSPS) is 11.1. The summed E-state index contributed by atoms with van der Waals surface area (Å²) in [5.41, 5.74) is -0.381. The van der Waals surface area contributed by atoms with Crippen LogP contribution < -0.4 is 9.47 Å². The van der Waals surface area contributed by atoms with Crippen LogP contribution in [0.25, 0.3) is 0 Å². The Morgan fingerprint density at radius 1 is 1.13 bits per heavy atom. The fourth-order valence-electron chi connectivity index (χ4n) is 1.51. The SMILES string of the molecule is O=C(O)c1ccc(OCC(F)(F)F)nc1Oc1ccc(F)cc1. The van der Waals surface area contributed by atoms with E-state index in [0.29, 0.717) is 0 Å². The number of pyridine rings is 1. The van der Waals surface area contributed by atoms with Gasteiger partial charge in [-0.2, -0.15) is 18.2 Å². The lowest BCUT2D eigenvalue weighted by atomic mass is 10.2. The van der Waals surface area contributed by atoms with Crippen molar-refractivity contribution in [1.82, 2.24) is 4.98 Å². The van der Waals surface area contributed by atoms with Gasteiger partial charge in [-0.15, -0.1) is 0 Å². The third kappa shape index (κ3) is 4.83. The monoisotopic (exact) mass is 331 g/mol. The summed E-state index contributed by atoms with van der Waals surface area (Å²) >= 11 is 0. The second-order valence-electron chi connectivity index (χ2n) is 4.27. The number of aromatic nitrogens is 1. The number of nitrogens with zero attached hydrogens (tertiary/aromatic N) is 1. The summed E-state index contributed by atoms with van der Waals surface area (Å²) in [6.45, 7) is -1.58. The number of carboxylic acid groups (broad SMARTS) is 1. The highest BCUT2D eigenvalue weighted by Crippen LogP contribution is 2.27. The molecule has 0 aliphatic carbocycles. The van der Waals surface area contributed by atoms with E-state index in [4.69, 9.17) is 9.84 Å². The number of hydrogen-bond donors (Lipinski definition) is 1. The maximum atomic E-state index is 12.8. The van der Waals surface area contributed by atoms with Gasteiger partial charge in [0.25, 0.3) is 0 Å². The molecular weight excluding hydrogens is 322 g/mol. The number of carbonyl (C=O) groups is 1. The molecule has 0 unspecified atom stereocenters. The first kappa shape index (κ1) is 16.5. The minimum atomic E-state index is -4.56. The van der Waals surface area contributed by atoms with E-state index in [-0.39, 0.29) is 11.3 Å². The molecule has 0 fully saturated rings. The number of ether oxygens (including phenoxy) is 2. The Hall–Kier alpha value is -2.84. The third-order valence-corrected chi connectivity index (χ3v) is 2.48. The van der Waals surface area contributed by atoms with Gasteiger partial charge in [-0.3, -0.25) is 0 Å².